The molecule has 0 aromatic heterocycles. The number of amides is 5. The molecule has 0 aliphatic carbocycles. The minimum Gasteiger partial charge on any atom is -0.276 e. The maximum absolute atomic E-state index is 13.2. The molecule has 2 aromatic carbocycles. The van der Waals surface area contributed by atoms with Crippen LogP contribution in [0, 0.1) is 0 Å². The minimum atomic E-state index is -1.63. The molecular weight excluding hydrogens is 400 g/mol. The van der Waals surface area contributed by atoms with Crippen molar-refractivity contribution < 1.29 is 19.2 Å². The molecule has 0 unspecified atom stereocenters. The van der Waals surface area contributed by atoms with E-state index in [2.05, 4.69) is 21.2 Å². The predicted molar refractivity (Wildman–Crippen MR) is 97.3 cm³/mol. The molecule has 3 rings (SSSR count). The Hall–Kier alpha value is -2.80. The van der Waals surface area contributed by atoms with E-state index in [-0.39, 0.29) is 12.0 Å². The largest absolute Gasteiger partial charge is 0.338 e. The molecule has 5 amide bonds. The number of halogens is 1. The Morgan fingerprint density at radius 1 is 1.04 bits per heavy atom. The van der Waals surface area contributed by atoms with Crippen LogP contribution in [0.4, 0.5) is 4.79 Å². The van der Waals surface area contributed by atoms with Gasteiger partial charge in [0.1, 0.15) is 0 Å². The molecule has 1 N–H and O–H groups in total. The zero-order chi connectivity index (χ0) is 18.9. The molecular formula is C19H15BrN2O4. The summed E-state index contributed by atoms with van der Waals surface area (Å²) in [6.45, 7) is 1.67. The molecule has 1 heterocycles. The van der Waals surface area contributed by atoms with Crippen molar-refractivity contribution >= 4 is 39.7 Å². The molecule has 6 nitrogen and oxygen atoms in total. The second-order valence-corrected chi connectivity index (χ2v) is 6.66. The van der Waals surface area contributed by atoms with Crippen molar-refractivity contribution in [2.24, 2.45) is 0 Å². The van der Waals surface area contributed by atoms with Gasteiger partial charge in [-0.3, -0.25) is 19.7 Å². The highest BCUT2D eigenvalue weighted by Crippen LogP contribution is 2.34. The molecule has 1 aliphatic heterocycles. The summed E-state index contributed by atoms with van der Waals surface area (Å²) >= 11 is 3.25. The van der Waals surface area contributed by atoms with Crippen LogP contribution in [0.3, 0.4) is 0 Å². The van der Waals surface area contributed by atoms with Crippen LogP contribution >= 0.6 is 15.9 Å². The van der Waals surface area contributed by atoms with Gasteiger partial charge in [-0.15, -0.1) is 0 Å². The fourth-order valence-corrected chi connectivity index (χ4v) is 3.53. The van der Waals surface area contributed by atoms with Crippen LogP contribution in [0.5, 0.6) is 0 Å². The predicted octanol–water partition coefficient (Wildman–Crippen LogP) is 3.02. The third-order valence-electron chi connectivity index (χ3n) is 4.48. The van der Waals surface area contributed by atoms with Crippen molar-refractivity contribution in [1.82, 2.24) is 10.2 Å². The zero-order valence-electron chi connectivity index (χ0n) is 13.9. The van der Waals surface area contributed by atoms with Gasteiger partial charge < -0.3 is 0 Å². The number of carbonyl (C=O) groups is 4. The molecule has 1 fully saturated rings. The van der Waals surface area contributed by atoms with Crippen LogP contribution < -0.4 is 5.32 Å². The summed E-state index contributed by atoms with van der Waals surface area (Å²) < 4.78 is 0.448. The molecule has 1 aliphatic rings. The Morgan fingerprint density at radius 2 is 1.65 bits per heavy atom. The van der Waals surface area contributed by atoms with Gasteiger partial charge in [-0.25, -0.2) is 4.79 Å². The van der Waals surface area contributed by atoms with Crippen LogP contribution in [0.15, 0.2) is 59.1 Å². The number of hydrogen-bond acceptors (Lipinski definition) is 4. The third-order valence-corrected chi connectivity index (χ3v) is 5.18. The van der Waals surface area contributed by atoms with Crippen molar-refractivity contribution in [2.45, 2.75) is 18.8 Å². The van der Waals surface area contributed by atoms with Gasteiger partial charge in [0.25, 0.3) is 11.8 Å². The SMILES string of the molecule is CC[C@@]1(c2ccccc2)C(=O)NC(=O)N(C(=O)c2ccccc2Br)C1=O. The first-order valence-electron chi connectivity index (χ1n) is 7.97. The van der Waals surface area contributed by atoms with Gasteiger partial charge in [0.2, 0.25) is 5.91 Å². The van der Waals surface area contributed by atoms with Crippen LogP contribution in [0.2, 0.25) is 0 Å². The second-order valence-electron chi connectivity index (χ2n) is 5.81. The van der Waals surface area contributed by atoms with E-state index in [1.54, 1.807) is 55.5 Å². The second kappa shape index (κ2) is 6.84. The Bertz CT molecular complexity index is 913. The number of imide groups is 4. The smallest absolute Gasteiger partial charge is 0.276 e. The van der Waals surface area contributed by atoms with Gasteiger partial charge in [0, 0.05) is 4.47 Å². The lowest BCUT2D eigenvalue weighted by Gasteiger charge is -2.38. The first kappa shape index (κ1) is 18.0. The summed E-state index contributed by atoms with van der Waals surface area (Å²) in [5.41, 5.74) is -1.04. The Morgan fingerprint density at radius 3 is 2.27 bits per heavy atom. The quantitative estimate of drug-likeness (QED) is 0.617. The van der Waals surface area contributed by atoms with Gasteiger partial charge in [0.15, 0.2) is 5.41 Å². The molecule has 7 heteroatoms. The topological polar surface area (TPSA) is 83.6 Å². The third kappa shape index (κ3) is 2.64. The summed E-state index contributed by atoms with van der Waals surface area (Å²) in [6, 6.07) is 13.9. The fraction of sp³-hybridized carbons (Fsp3) is 0.158. The summed E-state index contributed by atoms with van der Waals surface area (Å²) in [5, 5.41) is 2.16. The maximum atomic E-state index is 13.2. The molecule has 1 atom stereocenters. The van der Waals surface area contributed by atoms with Crippen molar-refractivity contribution in [1.29, 1.82) is 0 Å². The average molecular weight is 415 g/mol. The van der Waals surface area contributed by atoms with Crippen LogP contribution in [-0.2, 0) is 15.0 Å². The minimum absolute atomic E-state index is 0.106. The van der Waals surface area contributed by atoms with Crippen molar-refractivity contribution in [3.63, 3.8) is 0 Å². The van der Waals surface area contributed by atoms with Gasteiger partial charge in [-0.1, -0.05) is 49.4 Å². The number of hydrogen-bond donors (Lipinski definition) is 1. The zero-order valence-corrected chi connectivity index (χ0v) is 15.4. The number of carbonyl (C=O) groups excluding carboxylic acids is 4. The van der Waals surface area contributed by atoms with E-state index < -0.39 is 29.2 Å². The number of barbiturate groups is 1. The number of benzene rings is 2. The standard InChI is InChI=1S/C19H15BrN2O4/c1-2-19(12-8-4-3-5-9-12)16(24)21-18(26)22(17(19)25)15(23)13-10-6-7-11-14(13)20/h3-11H,2H2,1H3,(H,21,24,26)/t19-/m1/s1. The van der Waals surface area contributed by atoms with E-state index >= 15 is 0 Å². The molecule has 0 saturated carbocycles. The van der Waals surface area contributed by atoms with E-state index in [0.717, 1.165) is 0 Å². The number of nitrogens with zero attached hydrogens (tertiary/aromatic N) is 1. The van der Waals surface area contributed by atoms with E-state index in [1.807, 2.05) is 0 Å². The number of urea groups is 1. The summed E-state index contributed by atoms with van der Waals surface area (Å²) in [5.74, 6) is -2.36. The Kier molecular flexibility index (Phi) is 4.73. The molecule has 132 valence electrons. The van der Waals surface area contributed by atoms with Crippen molar-refractivity contribution in [3.05, 3.63) is 70.2 Å². The lowest BCUT2D eigenvalue weighted by Crippen LogP contribution is -2.67. The van der Waals surface area contributed by atoms with Gasteiger partial charge in [-0.05, 0) is 40.0 Å². The highest BCUT2D eigenvalue weighted by molar-refractivity contribution is 9.10. The molecule has 1 saturated heterocycles. The van der Waals surface area contributed by atoms with Gasteiger partial charge >= 0.3 is 6.03 Å². The molecule has 0 bridgehead atoms. The van der Waals surface area contributed by atoms with Crippen molar-refractivity contribution in [2.75, 3.05) is 0 Å². The van der Waals surface area contributed by atoms with E-state index in [4.69, 9.17) is 0 Å². The van der Waals surface area contributed by atoms with E-state index in [9.17, 15) is 19.2 Å². The normalized spacial score (nSPS) is 20.1. The highest BCUT2D eigenvalue weighted by atomic mass is 79.9. The van der Waals surface area contributed by atoms with E-state index in [0.29, 0.717) is 14.9 Å². The van der Waals surface area contributed by atoms with Crippen LogP contribution in [-0.4, -0.2) is 28.7 Å². The lowest BCUT2D eigenvalue weighted by molar-refractivity contribution is -0.143. The number of rotatable bonds is 3. The summed E-state index contributed by atoms with van der Waals surface area (Å²) in [4.78, 5) is 51.6. The Labute approximate surface area is 158 Å². The van der Waals surface area contributed by atoms with Gasteiger partial charge in [-0.2, -0.15) is 4.90 Å². The van der Waals surface area contributed by atoms with Crippen molar-refractivity contribution in [3.8, 4) is 0 Å². The Balaban J connectivity index is 2.12. The van der Waals surface area contributed by atoms with E-state index in [1.165, 1.54) is 6.07 Å². The molecule has 2 aromatic rings. The van der Waals surface area contributed by atoms with Crippen LogP contribution in [0.25, 0.3) is 0 Å². The van der Waals surface area contributed by atoms with Crippen LogP contribution in [0.1, 0.15) is 29.3 Å². The summed E-state index contributed by atoms with van der Waals surface area (Å²) in [7, 11) is 0. The molecule has 26 heavy (non-hydrogen) atoms. The molecule has 0 radical (unpaired) electrons. The highest BCUT2D eigenvalue weighted by Gasteiger charge is 2.55. The molecule has 0 spiro atoms. The number of nitrogens with one attached hydrogen (secondary N) is 1. The first-order chi connectivity index (χ1) is 12.4. The maximum Gasteiger partial charge on any atom is 0.338 e. The summed E-state index contributed by atoms with van der Waals surface area (Å²) in [6.07, 6.45) is 0.106. The lowest BCUT2D eigenvalue weighted by atomic mass is 9.74. The monoisotopic (exact) mass is 414 g/mol. The fourth-order valence-electron chi connectivity index (χ4n) is 3.07. The first-order valence-corrected chi connectivity index (χ1v) is 8.77. The average Bonchev–Trinajstić information content (AvgIpc) is 2.63. The van der Waals surface area contributed by atoms with Gasteiger partial charge in [0.05, 0.1) is 5.56 Å².